The summed E-state index contributed by atoms with van der Waals surface area (Å²) >= 11 is 0. The zero-order valence-electron chi connectivity index (χ0n) is 14.5. The van der Waals surface area contributed by atoms with E-state index in [4.69, 9.17) is 9.47 Å². The molecular weight excluding hydrogens is 316 g/mol. The molecule has 0 radical (unpaired) electrons. The lowest BCUT2D eigenvalue weighted by molar-refractivity contribution is -0.127. The largest absolute Gasteiger partial charge is 0.443 e. The van der Waals surface area contributed by atoms with Gasteiger partial charge in [0, 0.05) is 26.2 Å². The maximum Gasteiger partial charge on any atom is 0.427 e. The topological polar surface area (TPSA) is 91.4 Å². The van der Waals surface area contributed by atoms with Crippen LogP contribution in [0.15, 0.2) is 0 Å². The molecule has 136 valence electrons. The van der Waals surface area contributed by atoms with Gasteiger partial charge in [0.25, 0.3) is 5.91 Å². The second-order valence-electron chi connectivity index (χ2n) is 6.85. The van der Waals surface area contributed by atoms with Crippen LogP contribution < -0.4 is 5.43 Å². The summed E-state index contributed by atoms with van der Waals surface area (Å²) in [7, 11) is 0. The Morgan fingerprint density at radius 3 is 2.50 bits per heavy atom. The van der Waals surface area contributed by atoms with Crippen LogP contribution in [-0.4, -0.2) is 84.4 Å². The van der Waals surface area contributed by atoms with Crippen molar-refractivity contribution >= 4 is 18.0 Å². The molecule has 0 aromatic heterocycles. The fourth-order valence-electron chi connectivity index (χ4n) is 2.54. The number of urea groups is 1. The van der Waals surface area contributed by atoms with Gasteiger partial charge in [0.05, 0.1) is 13.2 Å². The molecule has 0 aliphatic carbocycles. The van der Waals surface area contributed by atoms with Crippen LogP contribution in [0.25, 0.3) is 0 Å². The summed E-state index contributed by atoms with van der Waals surface area (Å²) in [4.78, 5) is 39.6. The van der Waals surface area contributed by atoms with Crippen molar-refractivity contribution < 1.29 is 23.9 Å². The molecule has 9 heteroatoms. The van der Waals surface area contributed by atoms with Crippen LogP contribution in [0.1, 0.15) is 27.2 Å². The minimum absolute atomic E-state index is 0.0300. The van der Waals surface area contributed by atoms with Crippen molar-refractivity contribution in [3.63, 3.8) is 0 Å². The minimum atomic E-state index is -0.820. The Balaban J connectivity index is 1.77. The van der Waals surface area contributed by atoms with E-state index in [9.17, 15) is 14.4 Å². The number of rotatable bonds is 5. The second kappa shape index (κ2) is 7.80. The molecule has 0 atom stereocenters. The van der Waals surface area contributed by atoms with Gasteiger partial charge in [-0.05, 0) is 27.2 Å². The molecule has 1 N–H and O–H groups in total. The first-order chi connectivity index (χ1) is 11.3. The van der Waals surface area contributed by atoms with Crippen LogP contribution in [-0.2, 0) is 14.3 Å². The number of ether oxygens (including phenoxy) is 2. The summed E-state index contributed by atoms with van der Waals surface area (Å²) in [6.45, 7) is 9.64. The van der Waals surface area contributed by atoms with Gasteiger partial charge in [-0.3, -0.25) is 9.69 Å². The van der Waals surface area contributed by atoms with E-state index < -0.39 is 23.6 Å². The predicted octanol–water partition coefficient (Wildman–Crippen LogP) is 0.413. The average molecular weight is 342 g/mol. The van der Waals surface area contributed by atoms with Gasteiger partial charge in [-0.1, -0.05) is 0 Å². The van der Waals surface area contributed by atoms with E-state index in [2.05, 4.69) is 10.3 Å². The Morgan fingerprint density at radius 1 is 1.21 bits per heavy atom. The standard InChI is InChI=1S/C15H26N4O5/c1-15(2,3)24-13(21)16-19-12(20)11-18(14(19)22)6-4-5-17-7-9-23-10-8-17/h4-11H2,1-3H3,(H,16,21). The molecule has 0 aromatic rings. The smallest absolute Gasteiger partial charge is 0.427 e. The fraction of sp³-hybridized carbons (Fsp3) is 0.800. The maximum atomic E-state index is 12.2. The van der Waals surface area contributed by atoms with Crippen molar-refractivity contribution in [1.82, 2.24) is 20.2 Å². The van der Waals surface area contributed by atoms with Crippen molar-refractivity contribution in [2.24, 2.45) is 0 Å². The van der Waals surface area contributed by atoms with Gasteiger partial charge in [0.1, 0.15) is 12.1 Å². The number of hydrogen-bond acceptors (Lipinski definition) is 6. The number of morpholine rings is 1. The van der Waals surface area contributed by atoms with Crippen molar-refractivity contribution in [3.05, 3.63) is 0 Å². The van der Waals surface area contributed by atoms with Crippen molar-refractivity contribution in [2.45, 2.75) is 32.8 Å². The zero-order chi connectivity index (χ0) is 17.7. The third kappa shape index (κ3) is 5.34. The quantitative estimate of drug-likeness (QED) is 0.728. The zero-order valence-corrected chi connectivity index (χ0v) is 14.5. The van der Waals surface area contributed by atoms with Gasteiger partial charge in [0.15, 0.2) is 0 Å². The van der Waals surface area contributed by atoms with Gasteiger partial charge in [-0.15, -0.1) is 0 Å². The highest BCUT2D eigenvalue weighted by molar-refractivity contribution is 6.02. The fourth-order valence-corrected chi connectivity index (χ4v) is 2.54. The van der Waals surface area contributed by atoms with Crippen molar-refractivity contribution in [1.29, 1.82) is 0 Å². The summed E-state index contributed by atoms with van der Waals surface area (Å²) in [5.41, 5.74) is 1.51. The molecule has 9 nitrogen and oxygen atoms in total. The van der Waals surface area contributed by atoms with Gasteiger partial charge >= 0.3 is 12.1 Å². The molecule has 2 fully saturated rings. The Kier molecular flexibility index (Phi) is 6.00. The predicted molar refractivity (Wildman–Crippen MR) is 85.1 cm³/mol. The van der Waals surface area contributed by atoms with Crippen molar-refractivity contribution in [2.75, 3.05) is 45.9 Å². The molecule has 2 saturated heterocycles. The highest BCUT2D eigenvalue weighted by Gasteiger charge is 2.37. The van der Waals surface area contributed by atoms with E-state index >= 15 is 0 Å². The molecule has 0 bridgehead atoms. The molecule has 0 saturated carbocycles. The number of nitrogens with zero attached hydrogens (tertiary/aromatic N) is 3. The number of amides is 4. The van der Waals surface area contributed by atoms with Crippen LogP contribution in [0.4, 0.5) is 9.59 Å². The molecule has 0 aromatic carbocycles. The first-order valence-corrected chi connectivity index (χ1v) is 8.18. The summed E-state index contributed by atoms with van der Waals surface area (Å²) in [5, 5.41) is 0.725. The highest BCUT2D eigenvalue weighted by Crippen LogP contribution is 2.11. The van der Waals surface area contributed by atoms with Gasteiger partial charge < -0.3 is 14.4 Å². The average Bonchev–Trinajstić information content (AvgIpc) is 2.74. The van der Waals surface area contributed by atoms with Crippen LogP contribution in [0.5, 0.6) is 0 Å². The lowest BCUT2D eigenvalue weighted by Crippen LogP contribution is -2.48. The van der Waals surface area contributed by atoms with Crippen LogP contribution in [0.3, 0.4) is 0 Å². The Labute approximate surface area is 141 Å². The number of nitrogens with one attached hydrogen (secondary N) is 1. The van der Waals surface area contributed by atoms with E-state index in [1.807, 2.05) is 0 Å². The number of hydrogen-bond donors (Lipinski definition) is 1. The van der Waals surface area contributed by atoms with Crippen LogP contribution in [0.2, 0.25) is 0 Å². The Hall–Kier alpha value is -1.87. The lowest BCUT2D eigenvalue weighted by atomic mass is 10.2. The van der Waals surface area contributed by atoms with E-state index in [1.54, 1.807) is 20.8 Å². The first kappa shape index (κ1) is 18.5. The molecule has 2 aliphatic rings. The minimum Gasteiger partial charge on any atom is -0.443 e. The monoisotopic (exact) mass is 342 g/mol. The molecule has 2 rings (SSSR count). The molecule has 2 aliphatic heterocycles. The normalized spacial score (nSPS) is 19.8. The van der Waals surface area contributed by atoms with Crippen molar-refractivity contribution in [3.8, 4) is 0 Å². The molecular formula is C15H26N4O5. The maximum absolute atomic E-state index is 12.2. The van der Waals surface area contributed by atoms with Gasteiger partial charge in [0.2, 0.25) is 0 Å². The number of carbonyl (C=O) groups is 3. The molecule has 0 spiro atoms. The molecule has 2 heterocycles. The van der Waals surface area contributed by atoms with Crippen LogP contribution in [0, 0.1) is 0 Å². The summed E-state index contributed by atoms with van der Waals surface area (Å²) in [6, 6.07) is -0.521. The van der Waals surface area contributed by atoms with E-state index in [0.717, 1.165) is 44.3 Å². The first-order valence-electron chi connectivity index (χ1n) is 8.18. The van der Waals surface area contributed by atoms with E-state index in [-0.39, 0.29) is 6.54 Å². The molecule has 24 heavy (non-hydrogen) atoms. The third-order valence-corrected chi connectivity index (χ3v) is 3.65. The van der Waals surface area contributed by atoms with Gasteiger partial charge in [-0.2, -0.15) is 5.01 Å². The lowest BCUT2D eigenvalue weighted by Gasteiger charge is -2.27. The summed E-state index contributed by atoms with van der Waals surface area (Å²) in [5.74, 6) is -0.461. The third-order valence-electron chi connectivity index (χ3n) is 3.65. The van der Waals surface area contributed by atoms with E-state index in [1.165, 1.54) is 4.90 Å². The number of hydrazine groups is 1. The second-order valence-corrected chi connectivity index (χ2v) is 6.85. The van der Waals surface area contributed by atoms with Gasteiger partial charge in [-0.25, -0.2) is 15.0 Å². The number of imide groups is 1. The Morgan fingerprint density at radius 2 is 1.88 bits per heavy atom. The van der Waals surface area contributed by atoms with E-state index in [0.29, 0.717) is 6.54 Å². The summed E-state index contributed by atoms with van der Waals surface area (Å²) in [6.07, 6.45) is -0.0568. The number of carbonyl (C=O) groups excluding carboxylic acids is 3. The molecule has 4 amide bonds. The van der Waals surface area contributed by atoms with Crippen LogP contribution >= 0.6 is 0 Å². The highest BCUT2D eigenvalue weighted by atomic mass is 16.6. The Bertz CT molecular complexity index is 485. The summed E-state index contributed by atoms with van der Waals surface area (Å²) < 4.78 is 10.3. The SMILES string of the molecule is CC(C)(C)OC(=O)NN1C(=O)CN(CCCN2CCOCC2)C1=O. The molecule has 0 unspecified atom stereocenters.